The second kappa shape index (κ2) is 6.36. The van der Waals surface area contributed by atoms with E-state index in [1.807, 2.05) is 0 Å². The van der Waals surface area contributed by atoms with Gasteiger partial charge in [-0.15, -0.1) is 0 Å². The number of nitrogens with one attached hydrogen (secondary N) is 2. The molecule has 0 radical (unpaired) electrons. The molecule has 0 aromatic heterocycles. The first kappa shape index (κ1) is 12.8. The molecule has 1 aliphatic heterocycles. The summed E-state index contributed by atoms with van der Waals surface area (Å²) in [5, 5.41) is 6.41. The Morgan fingerprint density at radius 3 is 2.53 bits per heavy atom. The van der Waals surface area contributed by atoms with Gasteiger partial charge in [-0.1, -0.05) is 25.7 Å². The highest BCUT2D eigenvalue weighted by atomic mass is 16.5. The summed E-state index contributed by atoms with van der Waals surface area (Å²) in [7, 11) is 1.71. The van der Waals surface area contributed by atoms with E-state index in [0.29, 0.717) is 6.04 Å². The molecule has 1 saturated heterocycles. The molecule has 17 heavy (non-hydrogen) atoms. The number of carbonyl (C=O) groups is 1. The van der Waals surface area contributed by atoms with Gasteiger partial charge in [0.1, 0.15) is 0 Å². The van der Waals surface area contributed by atoms with Crippen molar-refractivity contribution in [3.63, 3.8) is 0 Å². The quantitative estimate of drug-likeness (QED) is 0.729. The van der Waals surface area contributed by atoms with Crippen molar-refractivity contribution >= 4 is 5.91 Å². The molecule has 0 aromatic rings. The molecular formula is C13H24N2O2. The molecule has 1 heterocycles. The summed E-state index contributed by atoms with van der Waals surface area (Å²) in [4.78, 5) is 12.1. The van der Waals surface area contributed by atoms with Crippen molar-refractivity contribution in [2.24, 2.45) is 0 Å². The van der Waals surface area contributed by atoms with E-state index in [-0.39, 0.29) is 18.1 Å². The molecule has 4 heteroatoms. The van der Waals surface area contributed by atoms with E-state index < -0.39 is 0 Å². The third kappa shape index (κ3) is 3.68. The number of rotatable bonds is 3. The van der Waals surface area contributed by atoms with Crippen LogP contribution < -0.4 is 10.6 Å². The van der Waals surface area contributed by atoms with Crippen LogP contribution in [0.2, 0.25) is 0 Å². The van der Waals surface area contributed by atoms with Crippen LogP contribution in [0.15, 0.2) is 0 Å². The lowest BCUT2D eigenvalue weighted by atomic mass is 10.1. The monoisotopic (exact) mass is 240 g/mol. The lowest BCUT2D eigenvalue weighted by molar-refractivity contribution is -0.123. The highest BCUT2D eigenvalue weighted by Gasteiger charge is 2.30. The van der Waals surface area contributed by atoms with Crippen molar-refractivity contribution in [2.75, 3.05) is 13.7 Å². The zero-order valence-electron chi connectivity index (χ0n) is 10.7. The first-order valence-corrected chi connectivity index (χ1v) is 6.86. The highest BCUT2D eigenvalue weighted by molar-refractivity contribution is 5.82. The fourth-order valence-electron chi connectivity index (χ4n) is 2.81. The van der Waals surface area contributed by atoms with Crippen LogP contribution in [-0.2, 0) is 9.53 Å². The van der Waals surface area contributed by atoms with Gasteiger partial charge in [-0.05, 0) is 19.3 Å². The van der Waals surface area contributed by atoms with E-state index in [1.54, 1.807) is 7.11 Å². The van der Waals surface area contributed by atoms with E-state index in [9.17, 15) is 4.79 Å². The van der Waals surface area contributed by atoms with Crippen LogP contribution in [0.3, 0.4) is 0 Å². The summed E-state index contributed by atoms with van der Waals surface area (Å²) in [6.07, 6.45) is 8.43. The normalized spacial score (nSPS) is 31.1. The third-order valence-electron chi connectivity index (χ3n) is 3.94. The minimum atomic E-state index is -0.0526. The molecule has 2 atom stereocenters. The third-order valence-corrected chi connectivity index (χ3v) is 3.94. The van der Waals surface area contributed by atoms with Crippen LogP contribution in [0.5, 0.6) is 0 Å². The Bertz CT molecular complexity index is 250. The number of ether oxygens (including phenoxy) is 1. The van der Waals surface area contributed by atoms with Crippen LogP contribution in [0.1, 0.15) is 44.9 Å². The van der Waals surface area contributed by atoms with Gasteiger partial charge in [0.05, 0.1) is 12.1 Å². The summed E-state index contributed by atoms with van der Waals surface area (Å²) in [6, 6.07) is 0.344. The number of hydrogen-bond donors (Lipinski definition) is 2. The van der Waals surface area contributed by atoms with Crippen molar-refractivity contribution in [1.29, 1.82) is 0 Å². The molecule has 0 bridgehead atoms. The van der Waals surface area contributed by atoms with Gasteiger partial charge in [-0.25, -0.2) is 0 Å². The summed E-state index contributed by atoms with van der Waals surface area (Å²) >= 11 is 0. The molecule has 2 fully saturated rings. The molecule has 2 N–H and O–H groups in total. The SMILES string of the molecule is COC1CNC(C(=O)NC2CCCCCC2)C1. The molecule has 4 nitrogen and oxygen atoms in total. The maximum atomic E-state index is 12.1. The Labute approximate surface area is 103 Å². The van der Waals surface area contributed by atoms with Crippen LogP contribution in [-0.4, -0.2) is 37.7 Å². The summed E-state index contributed by atoms with van der Waals surface area (Å²) in [5.74, 6) is 0.163. The number of hydrogen-bond acceptors (Lipinski definition) is 3. The predicted molar refractivity (Wildman–Crippen MR) is 66.8 cm³/mol. The standard InChI is InChI=1S/C13H24N2O2/c1-17-11-8-12(14-9-11)13(16)15-10-6-4-2-3-5-7-10/h10-12,14H,2-9H2,1H3,(H,15,16). The maximum Gasteiger partial charge on any atom is 0.237 e. The van der Waals surface area contributed by atoms with E-state index in [1.165, 1.54) is 25.7 Å². The molecule has 1 saturated carbocycles. The first-order chi connectivity index (χ1) is 8.29. The second-order valence-corrected chi connectivity index (χ2v) is 5.25. The average Bonchev–Trinajstić information content (AvgIpc) is 2.68. The molecule has 0 aromatic carbocycles. The minimum absolute atomic E-state index is 0.0526. The van der Waals surface area contributed by atoms with Crippen molar-refractivity contribution in [3.8, 4) is 0 Å². The zero-order chi connectivity index (χ0) is 12.1. The van der Waals surface area contributed by atoms with Gasteiger partial charge in [-0.3, -0.25) is 4.79 Å². The fraction of sp³-hybridized carbons (Fsp3) is 0.923. The lowest BCUT2D eigenvalue weighted by Crippen LogP contribution is -2.45. The molecule has 98 valence electrons. The largest absolute Gasteiger partial charge is 0.380 e. The van der Waals surface area contributed by atoms with E-state index in [2.05, 4.69) is 10.6 Å². The molecule has 0 spiro atoms. The van der Waals surface area contributed by atoms with Crippen molar-refractivity contribution in [3.05, 3.63) is 0 Å². The summed E-state index contributed by atoms with van der Waals surface area (Å²) in [6.45, 7) is 0.791. The molecule has 2 rings (SSSR count). The topological polar surface area (TPSA) is 50.4 Å². The Hall–Kier alpha value is -0.610. The summed E-state index contributed by atoms with van der Waals surface area (Å²) in [5.41, 5.74) is 0. The highest BCUT2D eigenvalue weighted by Crippen LogP contribution is 2.18. The van der Waals surface area contributed by atoms with Crippen molar-refractivity contribution < 1.29 is 9.53 Å². The van der Waals surface area contributed by atoms with Crippen molar-refractivity contribution in [1.82, 2.24) is 10.6 Å². The predicted octanol–water partition coefficient (Wildman–Crippen LogP) is 1.20. The van der Waals surface area contributed by atoms with E-state index in [4.69, 9.17) is 4.74 Å². The van der Waals surface area contributed by atoms with Gasteiger partial charge >= 0.3 is 0 Å². The Kier molecular flexibility index (Phi) is 4.80. The number of carbonyl (C=O) groups excluding carboxylic acids is 1. The Morgan fingerprint density at radius 2 is 1.94 bits per heavy atom. The molecule has 2 aliphatic rings. The zero-order valence-corrected chi connectivity index (χ0v) is 10.7. The van der Waals surface area contributed by atoms with E-state index >= 15 is 0 Å². The lowest BCUT2D eigenvalue weighted by Gasteiger charge is -2.19. The molecule has 1 amide bonds. The number of amides is 1. The Morgan fingerprint density at radius 1 is 1.24 bits per heavy atom. The average molecular weight is 240 g/mol. The summed E-state index contributed by atoms with van der Waals surface area (Å²) < 4.78 is 5.26. The minimum Gasteiger partial charge on any atom is -0.380 e. The van der Waals surface area contributed by atoms with Crippen LogP contribution in [0.25, 0.3) is 0 Å². The molecule has 2 unspecified atom stereocenters. The van der Waals surface area contributed by atoms with Crippen LogP contribution in [0, 0.1) is 0 Å². The van der Waals surface area contributed by atoms with Gasteiger partial charge in [0.2, 0.25) is 5.91 Å². The molecular weight excluding hydrogens is 216 g/mol. The van der Waals surface area contributed by atoms with Crippen LogP contribution >= 0.6 is 0 Å². The smallest absolute Gasteiger partial charge is 0.237 e. The van der Waals surface area contributed by atoms with Gasteiger partial charge in [0.25, 0.3) is 0 Å². The van der Waals surface area contributed by atoms with Gasteiger partial charge in [0, 0.05) is 19.7 Å². The molecule has 1 aliphatic carbocycles. The fourth-order valence-corrected chi connectivity index (χ4v) is 2.81. The second-order valence-electron chi connectivity index (χ2n) is 5.25. The van der Waals surface area contributed by atoms with E-state index in [0.717, 1.165) is 25.8 Å². The Balaban J connectivity index is 1.76. The first-order valence-electron chi connectivity index (χ1n) is 6.86. The van der Waals surface area contributed by atoms with Crippen LogP contribution in [0.4, 0.5) is 0 Å². The van der Waals surface area contributed by atoms with Crippen molar-refractivity contribution in [2.45, 2.75) is 63.1 Å². The van der Waals surface area contributed by atoms with Gasteiger partial charge < -0.3 is 15.4 Å². The number of methoxy groups -OCH3 is 1. The maximum absolute atomic E-state index is 12.1. The van der Waals surface area contributed by atoms with Gasteiger partial charge in [-0.2, -0.15) is 0 Å². The van der Waals surface area contributed by atoms with Gasteiger partial charge in [0.15, 0.2) is 0 Å².